The van der Waals surface area contributed by atoms with Crippen LogP contribution < -0.4 is 10.6 Å². The van der Waals surface area contributed by atoms with E-state index in [1.54, 1.807) is 13.3 Å². The zero-order valence-electron chi connectivity index (χ0n) is 10.6. The molecule has 0 saturated heterocycles. The zero-order chi connectivity index (χ0) is 12.8. The zero-order valence-corrected chi connectivity index (χ0v) is 11.4. The van der Waals surface area contributed by atoms with E-state index in [4.69, 9.17) is 4.74 Å². The number of fused-ring (bicyclic) bond motifs is 1. The van der Waals surface area contributed by atoms with Crippen LogP contribution in [0.4, 0.5) is 5.69 Å². The molecule has 0 spiro atoms. The summed E-state index contributed by atoms with van der Waals surface area (Å²) in [6, 6.07) is 5.66. The van der Waals surface area contributed by atoms with Crippen LogP contribution in [-0.2, 0) is 9.53 Å². The van der Waals surface area contributed by atoms with Crippen LogP contribution in [-0.4, -0.2) is 42.9 Å². The molecule has 104 valence electrons. The van der Waals surface area contributed by atoms with E-state index >= 15 is 0 Å². The van der Waals surface area contributed by atoms with Gasteiger partial charge in [0, 0.05) is 19.0 Å². The number of nitrogens with zero attached hydrogens (tertiary/aromatic N) is 1. The van der Waals surface area contributed by atoms with E-state index in [0.717, 1.165) is 16.6 Å². The van der Waals surface area contributed by atoms with Crippen molar-refractivity contribution in [2.75, 3.05) is 32.1 Å². The number of nitrogens with one attached hydrogen (secondary N) is 3. The van der Waals surface area contributed by atoms with Crippen molar-refractivity contribution >= 4 is 34.9 Å². The van der Waals surface area contributed by atoms with Crippen LogP contribution >= 0.6 is 12.4 Å². The number of aromatic amines is 1. The highest BCUT2D eigenvalue weighted by Gasteiger charge is 2.06. The first-order valence-electron chi connectivity index (χ1n) is 5.73. The number of carbonyl (C=O) groups is 1. The molecule has 0 atom stereocenters. The van der Waals surface area contributed by atoms with Crippen molar-refractivity contribution in [2.45, 2.75) is 0 Å². The maximum atomic E-state index is 11.7. The number of hydrogen-bond donors (Lipinski definition) is 3. The number of methoxy groups -OCH3 is 1. The third kappa shape index (κ3) is 4.20. The Balaban J connectivity index is 0.00000180. The van der Waals surface area contributed by atoms with E-state index in [-0.39, 0.29) is 24.9 Å². The number of benzene rings is 1. The van der Waals surface area contributed by atoms with Crippen molar-refractivity contribution in [2.24, 2.45) is 0 Å². The fourth-order valence-electron chi connectivity index (χ4n) is 1.64. The Morgan fingerprint density at radius 3 is 3.11 bits per heavy atom. The van der Waals surface area contributed by atoms with E-state index < -0.39 is 0 Å². The molecule has 1 heterocycles. The minimum absolute atomic E-state index is 0. The van der Waals surface area contributed by atoms with Gasteiger partial charge in [-0.25, -0.2) is 0 Å². The van der Waals surface area contributed by atoms with E-state index in [9.17, 15) is 4.79 Å². The van der Waals surface area contributed by atoms with Gasteiger partial charge in [-0.15, -0.1) is 12.4 Å². The van der Waals surface area contributed by atoms with Gasteiger partial charge >= 0.3 is 0 Å². The van der Waals surface area contributed by atoms with Gasteiger partial charge in [0.05, 0.1) is 30.6 Å². The van der Waals surface area contributed by atoms with Crippen LogP contribution in [0.25, 0.3) is 10.9 Å². The first-order valence-corrected chi connectivity index (χ1v) is 5.73. The fourth-order valence-corrected chi connectivity index (χ4v) is 1.64. The summed E-state index contributed by atoms with van der Waals surface area (Å²) in [6.45, 7) is 1.50. The average Bonchev–Trinajstić information content (AvgIpc) is 2.84. The monoisotopic (exact) mass is 284 g/mol. The van der Waals surface area contributed by atoms with Crippen molar-refractivity contribution in [1.29, 1.82) is 0 Å². The molecule has 0 unspecified atom stereocenters. The summed E-state index contributed by atoms with van der Waals surface area (Å²) in [6.07, 6.45) is 1.72. The lowest BCUT2D eigenvalue weighted by atomic mass is 10.2. The Hall–Kier alpha value is -1.63. The van der Waals surface area contributed by atoms with Gasteiger partial charge in [0.2, 0.25) is 5.91 Å². The predicted octanol–water partition coefficient (Wildman–Crippen LogP) is 1.16. The summed E-state index contributed by atoms with van der Waals surface area (Å²) in [4.78, 5) is 11.7. The molecule has 0 aliphatic rings. The number of amides is 1. The van der Waals surface area contributed by atoms with Crippen molar-refractivity contribution in [3.63, 3.8) is 0 Å². The van der Waals surface area contributed by atoms with E-state index in [1.807, 2.05) is 18.2 Å². The molecule has 0 aliphatic carbocycles. The van der Waals surface area contributed by atoms with Crippen molar-refractivity contribution in [3.8, 4) is 0 Å². The highest BCUT2D eigenvalue weighted by atomic mass is 35.5. The largest absolute Gasteiger partial charge is 0.383 e. The average molecular weight is 285 g/mol. The van der Waals surface area contributed by atoms with Crippen molar-refractivity contribution in [1.82, 2.24) is 15.5 Å². The second-order valence-corrected chi connectivity index (χ2v) is 3.86. The lowest BCUT2D eigenvalue weighted by Gasteiger charge is -2.07. The minimum Gasteiger partial charge on any atom is -0.383 e. The first-order chi connectivity index (χ1) is 8.81. The number of para-hydroxylation sites is 1. The van der Waals surface area contributed by atoms with Crippen molar-refractivity contribution in [3.05, 3.63) is 24.4 Å². The number of H-pyrrole nitrogens is 1. The number of aromatic nitrogens is 2. The SMILES string of the molecule is COCCNCC(=O)Nc1cccc2cn[nH]c12.Cl. The number of halogens is 1. The molecule has 0 radical (unpaired) electrons. The van der Waals surface area contributed by atoms with Crippen LogP contribution in [0.1, 0.15) is 0 Å². The van der Waals surface area contributed by atoms with E-state index in [2.05, 4.69) is 20.8 Å². The summed E-state index contributed by atoms with van der Waals surface area (Å²) in [5.41, 5.74) is 1.58. The third-order valence-electron chi connectivity index (χ3n) is 2.52. The quantitative estimate of drug-likeness (QED) is 0.696. The summed E-state index contributed by atoms with van der Waals surface area (Å²) >= 11 is 0. The summed E-state index contributed by atoms with van der Waals surface area (Å²) in [5, 5.41) is 13.6. The van der Waals surface area contributed by atoms with Gasteiger partial charge in [-0.2, -0.15) is 5.10 Å². The smallest absolute Gasteiger partial charge is 0.238 e. The number of anilines is 1. The van der Waals surface area contributed by atoms with Gasteiger partial charge in [-0.1, -0.05) is 12.1 Å². The Morgan fingerprint density at radius 1 is 1.47 bits per heavy atom. The molecule has 0 saturated carbocycles. The Kier molecular flexibility index (Phi) is 6.27. The summed E-state index contributed by atoms with van der Waals surface area (Å²) < 4.78 is 4.88. The number of rotatable bonds is 6. The van der Waals surface area contributed by atoms with Crippen LogP contribution in [0.5, 0.6) is 0 Å². The molecular formula is C12H17ClN4O2. The highest BCUT2D eigenvalue weighted by molar-refractivity contribution is 6.00. The molecule has 0 bridgehead atoms. The number of carbonyl (C=O) groups excluding carboxylic acids is 1. The van der Waals surface area contributed by atoms with E-state index in [1.165, 1.54) is 0 Å². The molecular weight excluding hydrogens is 268 g/mol. The van der Waals surface area contributed by atoms with Gasteiger partial charge in [0.15, 0.2) is 0 Å². The Labute approximate surface area is 117 Å². The molecule has 2 aromatic rings. The normalized spacial score (nSPS) is 10.2. The van der Waals surface area contributed by atoms with Gasteiger partial charge in [-0.3, -0.25) is 9.89 Å². The standard InChI is InChI=1S/C12H16N4O2.ClH/c1-18-6-5-13-8-11(17)15-10-4-2-3-9-7-14-16-12(9)10;/h2-4,7,13H,5-6,8H2,1H3,(H,14,16)(H,15,17);1H. The van der Waals surface area contributed by atoms with Gasteiger partial charge < -0.3 is 15.4 Å². The molecule has 1 aromatic carbocycles. The molecule has 19 heavy (non-hydrogen) atoms. The first kappa shape index (κ1) is 15.4. The van der Waals surface area contributed by atoms with Gasteiger partial charge in [-0.05, 0) is 6.07 Å². The second-order valence-electron chi connectivity index (χ2n) is 3.86. The maximum Gasteiger partial charge on any atom is 0.238 e. The third-order valence-corrected chi connectivity index (χ3v) is 2.52. The fraction of sp³-hybridized carbons (Fsp3) is 0.333. The van der Waals surface area contributed by atoms with Crippen LogP contribution in [0, 0.1) is 0 Å². The molecule has 0 fully saturated rings. The summed E-state index contributed by atoms with van der Waals surface area (Å²) in [5.74, 6) is -0.0896. The number of hydrogen-bond acceptors (Lipinski definition) is 4. The lowest BCUT2D eigenvalue weighted by Crippen LogP contribution is -2.30. The second kappa shape index (κ2) is 7.73. The van der Waals surface area contributed by atoms with Crippen LogP contribution in [0.15, 0.2) is 24.4 Å². The van der Waals surface area contributed by atoms with Gasteiger partial charge in [0.1, 0.15) is 0 Å². The highest BCUT2D eigenvalue weighted by Crippen LogP contribution is 2.19. The lowest BCUT2D eigenvalue weighted by molar-refractivity contribution is -0.115. The van der Waals surface area contributed by atoms with Crippen LogP contribution in [0.2, 0.25) is 0 Å². The molecule has 2 rings (SSSR count). The van der Waals surface area contributed by atoms with E-state index in [0.29, 0.717) is 13.2 Å². The maximum absolute atomic E-state index is 11.7. The topological polar surface area (TPSA) is 79.0 Å². The van der Waals surface area contributed by atoms with Gasteiger partial charge in [0.25, 0.3) is 0 Å². The molecule has 7 heteroatoms. The predicted molar refractivity (Wildman–Crippen MR) is 76.7 cm³/mol. The molecule has 3 N–H and O–H groups in total. The van der Waals surface area contributed by atoms with Crippen LogP contribution in [0.3, 0.4) is 0 Å². The molecule has 0 aliphatic heterocycles. The summed E-state index contributed by atoms with van der Waals surface area (Å²) in [7, 11) is 1.63. The molecule has 1 amide bonds. The number of ether oxygens (including phenoxy) is 1. The van der Waals surface area contributed by atoms with Crippen molar-refractivity contribution < 1.29 is 9.53 Å². The Morgan fingerprint density at radius 2 is 2.32 bits per heavy atom. The molecule has 1 aromatic heterocycles. The molecule has 6 nitrogen and oxygen atoms in total. The minimum atomic E-state index is -0.0896. The Bertz CT molecular complexity index is 529.